The van der Waals surface area contributed by atoms with Crippen molar-refractivity contribution in [2.45, 2.75) is 20.0 Å². The van der Waals surface area contributed by atoms with E-state index in [1.165, 1.54) is 6.08 Å². The first-order chi connectivity index (χ1) is 12.0. The zero-order valence-electron chi connectivity index (χ0n) is 14.5. The molecule has 0 saturated heterocycles. The molecule has 0 aliphatic carbocycles. The van der Waals surface area contributed by atoms with Crippen molar-refractivity contribution in [2.75, 3.05) is 12.4 Å². The first kappa shape index (κ1) is 18.3. The molecule has 25 heavy (non-hydrogen) atoms. The average Bonchev–Trinajstić information content (AvgIpc) is 2.62. The molecule has 0 amide bonds. The molecular formula is C20H21NO4. The van der Waals surface area contributed by atoms with Crippen LogP contribution >= 0.6 is 0 Å². The Balaban J connectivity index is 2.28. The van der Waals surface area contributed by atoms with Crippen LogP contribution in [0.2, 0.25) is 0 Å². The smallest absolute Gasteiger partial charge is 0.379 e. The van der Waals surface area contributed by atoms with Crippen LogP contribution in [0.5, 0.6) is 5.75 Å². The summed E-state index contributed by atoms with van der Waals surface area (Å²) in [6.07, 6.45) is 0.907. The predicted molar refractivity (Wildman–Crippen MR) is 97.3 cm³/mol. The number of hydrogen-bond acceptors (Lipinski definition) is 5. The first-order valence-electron chi connectivity index (χ1n) is 7.92. The van der Waals surface area contributed by atoms with E-state index in [0.29, 0.717) is 5.70 Å². The minimum absolute atomic E-state index is 0.348. The SMILES string of the molecule is COc1ccc(NC(=CC(=O)C(=O)OC(C)C)c2ccccc2)cc1. The number of carbonyl (C=O) groups excluding carboxylic acids is 2. The first-order valence-corrected chi connectivity index (χ1v) is 7.92. The Morgan fingerprint density at radius 2 is 1.64 bits per heavy atom. The molecule has 0 bridgehead atoms. The van der Waals surface area contributed by atoms with Gasteiger partial charge in [-0.3, -0.25) is 4.79 Å². The molecule has 130 valence electrons. The summed E-state index contributed by atoms with van der Waals surface area (Å²) in [6, 6.07) is 16.6. The maximum Gasteiger partial charge on any atom is 0.379 e. The van der Waals surface area contributed by atoms with E-state index in [-0.39, 0.29) is 6.10 Å². The third-order valence-electron chi connectivity index (χ3n) is 3.27. The third-order valence-corrected chi connectivity index (χ3v) is 3.27. The van der Waals surface area contributed by atoms with Gasteiger partial charge in [-0.15, -0.1) is 0 Å². The molecule has 0 aromatic heterocycles. The van der Waals surface area contributed by atoms with E-state index in [0.717, 1.165) is 17.0 Å². The van der Waals surface area contributed by atoms with Crippen LogP contribution in [0.4, 0.5) is 5.69 Å². The Labute approximate surface area is 147 Å². The fraction of sp³-hybridized carbons (Fsp3) is 0.200. The minimum Gasteiger partial charge on any atom is -0.497 e. The van der Waals surface area contributed by atoms with Crippen LogP contribution in [0.3, 0.4) is 0 Å². The normalized spacial score (nSPS) is 11.1. The van der Waals surface area contributed by atoms with Crippen molar-refractivity contribution in [1.82, 2.24) is 0 Å². The summed E-state index contributed by atoms with van der Waals surface area (Å²) < 4.78 is 10.1. The number of nitrogens with one attached hydrogen (secondary N) is 1. The van der Waals surface area contributed by atoms with Crippen molar-refractivity contribution in [2.24, 2.45) is 0 Å². The van der Waals surface area contributed by atoms with Gasteiger partial charge in [0, 0.05) is 17.5 Å². The van der Waals surface area contributed by atoms with Crippen LogP contribution in [0.1, 0.15) is 19.4 Å². The van der Waals surface area contributed by atoms with E-state index in [1.54, 1.807) is 33.1 Å². The van der Waals surface area contributed by atoms with Gasteiger partial charge in [0.2, 0.25) is 0 Å². The summed E-state index contributed by atoms with van der Waals surface area (Å²) >= 11 is 0. The van der Waals surface area contributed by atoms with Crippen LogP contribution in [0.25, 0.3) is 5.70 Å². The Hall–Kier alpha value is -3.08. The van der Waals surface area contributed by atoms with Gasteiger partial charge in [0.05, 0.1) is 13.2 Å². The van der Waals surface area contributed by atoms with Crippen molar-refractivity contribution in [3.63, 3.8) is 0 Å². The lowest BCUT2D eigenvalue weighted by atomic mass is 10.1. The van der Waals surface area contributed by atoms with Crippen molar-refractivity contribution < 1.29 is 19.1 Å². The molecule has 2 aromatic carbocycles. The monoisotopic (exact) mass is 339 g/mol. The van der Waals surface area contributed by atoms with Gasteiger partial charge in [-0.05, 0) is 43.7 Å². The second-order valence-electron chi connectivity index (χ2n) is 5.60. The number of ether oxygens (including phenoxy) is 2. The molecule has 0 fully saturated rings. The number of ketones is 1. The van der Waals surface area contributed by atoms with Gasteiger partial charge in [0.1, 0.15) is 5.75 Å². The molecular weight excluding hydrogens is 318 g/mol. The fourth-order valence-electron chi connectivity index (χ4n) is 2.10. The third kappa shape index (κ3) is 5.49. The van der Waals surface area contributed by atoms with Crippen LogP contribution < -0.4 is 10.1 Å². The zero-order valence-corrected chi connectivity index (χ0v) is 14.5. The number of esters is 1. The Morgan fingerprint density at radius 3 is 2.20 bits per heavy atom. The molecule has 1 N–H and O–H groups in total. The van der Waals surface area contributed by atoms with E-state index < -0.39 is 11.8 Å². The maximum absolute atomic E-state index is 12.1. The molecule has 0 radical (unpaired) electrons. The summed E-state index contributed by atoms with van der Waals surface area (Å²) in [5.41, 5.74) is 2.06. The summed E-state index contributed by atoms with van der Waals surface area (Å²) in [5, 5.41) is 3.16. The zero-order chi connectivity index (χ0) is 18.2. The van der Waals surface area contributed by atoms with Gasteiger partial charge in [-0.1, -0.05) is 30.3 Å². The summed E-state index contributed by atoms with van der Waals surface area (Å²) in [6.45, 7) is 3.39. The van der Waals surface area contributed by atoms with Gasteiger partial charge < -0.3 is 14.8 Å². The molecule has 0 spiro atoms. The molecule has 5 heteroatoms. The largest absolute Gasteiger partial charge is 0.497 e. The summed E-state index contributed by atoms with van der Waals surface area (Å²) in [4.78, 5) is 23.9. The number of hydrogen-bond donors (Lipinski definition) is 1. The topological polar surface area (TPSA) is 64.6 Å². The summed E-state index contributed by atoms with van der Waals surface area (Å²) in [5.74, 6) is -0.860. The number of anilines is 1. The van der Waals surface area contributed by atoms with Gasteiger partial charge in [-0.25, -0.2) is 4.79 Å². The van der Waals surface area contributed by atoms with Crippen molar-refractivity contribution >= 4 is 23.1 Å². The molecule has 0 unspecified atom stereocenters. The lowest BCUT2D eigenvalue weighted by Gasteiger charge is -2.12. The maximum atomic E-state index is 12.1. The number of benzene rings is 2. The van der Waals surface area contributed by atoms with Gasteiger partial charge in [0.15, 0.2) is 0 Å². The molecule has 5 nitrogen and oxygen atoms in total. The lowest BCUT2D eigenvalue weighted by molar-refractivity contribution is -0.154. The van der Waals surface area contributed by atoms with E-state index in [9.17, 15) is 9.59 Å². The van der Waals surface area contributed by atoms with Crippen LogP contribution in [0.15, 0.2) is 60.7 Å². The van der Waals surface area contributed by atoms with Gasteiger partial charge in [0.25, 0.3) is 5.78 Å². The van der Waals surface area contributed by atoms with Crippen molar-refractivity contribution in [3.8, 4) is 5.75 Å². The second-order valence-corrected chi connectivity index (χ2v) is 5.60. The van der Waals surface area contributed by atoms with Crippen molar-refractivity contribution in [1.29, 1.82) is 0 Å². The average molecular weight is 339 g/mol. The summed E-state index contributed by atoms with van der Waals surface area (Å²) in [7, 11) is 1.59. The van der Waals surface area contributed by atoms with Crippen molar-refractivity contribution in [3.05, 3.63) is 66.2 Å². The predicted octanol–water partition coefficient (Wildman–Crippen LogP) is 3.67. The molecule has 0 aliphatic rings. The molecule has 0 aliphatic heterocycles. The highest BCUT2D eigenvalue weighted by molar-refractivity contribution is 6.39. The second kappa shape index (κ2) is 8.68. The highest BCUT2D eigenvalue weighted by Gasteiger charge is 2.16. The number of carbonyl (C=O) groups is 2. The lowest BCUT2D eigenvalue weighted by Crippen LogP contribution is -2.20. The quantitative estimate of drug-likeness (QED) is 0.474. The fourth-order valence-corrected chi connectivity index (χ4v) is 2.10. The molecule has 0 atom stereocenters. The highest BCUT2D eigenvalue weighted by atomic mass is 16.5. The van der Waals surface area contributed by atoms with Gasteiger partial charge >= 0.3 is 5.97 Å². The van der Waals surface area contributed by atoms with Gasteiger partial charge in [-0.2, -0.15) is 0 Å². The van der Waals surface area contributed by atoms with Crippen LogP contribution in [-0.4, -0.2) is 25.0 Å². The number of rotatable bonds is 7. The standard InChI is InChI=1S/C20H21NO4/c1-14(2)25-20(23)19(22)13-18(15-7-5-4-6-8-15)21-16-9-11-17(24-3)12-10-16/h4-14,21H,1-3H3. The molecule has 2 rings (SSSR count). The molecule has 2 aromatic rings. The Morgan fingerprint density at radius 1 is 1.00 bits per heavy atom. The molecule has 0 saturated carbocycles. The minimum atomic E-state index is -0.875. The Kier molecular flexibility index (Phi) is 6.34. The Bertz CT molecular complexity index is 749. The molecule has 0 heterocycles. The van der Waals surface area contributed by atoms with E-state index in [2.05, 4.69) is 5.32 Å². The van der Waals surface area contributed by atoms with Crippen LogP contribution in [0, 0.1) is 0 Å². The van der Waals surface area contributed by atoms with E-state index in [4.69, 9.17) is 9.47 Å². The van der Waals surface area contributed by atoms with E-state index >= 15 is 0 Å². The highest BCUT2D eigenvalue weighted by Crippen LogP contribution is 2.21. The van der Waals surface area contributed by atoms with Crippen LogP contribution in [-0.2, 0) is 14.3 Å². The number of methoxy groups -OCH3 is 1. The van der Waals surface area contributed by atoms with E-state index in [1.807, 2.05) is 42.5 Å².